The lowest BCUT2D eigenvalue weighted by molar-refractivity contribution is -0.134. The molecule has 0 aliphatic rings. The van der Waals surface area contributed by atoms with E-state index in [0.29, 0.717) is 12.5 Å². The molecular formula is C14H19NO2. The van der Waals surface area contributed by atoms with Gasteiger partial charge in [-0.15, -0.1) is 0 Å². The lowest BCUT2D eigenvalue weighted by atomic mass is 9.98. The molecule has 0 saturated heterocycles. The number of rotatable bonds is 4. The summed E-state index contributed by atoms with van der Waals surface area (Å²) in [6.45, 7) is 4.61. The maximum atomic E-state index is 11.1. The first-order valence-corrected chi connectivity index (χ1v) is 5.65. The molecule has 0 unspecified atom stereocenters. The zero-order valence-corrected chi connectivity index (χ0v) is 10.6. The normalized spacial score (nSPS) is 13.3. The molecule has 3 nitrogen and oxygen atoms in total. The monoisotopic (exact) mass is 233 g/mol. The van der Waals surface area contributed by atoms with Crippen molar-refractivity contribution in [1.82, 2.24) is 0 Å². The van der Waals surface area contributed by atoms with Gasteiger partial charge < -0.3 is 10.5 Å². The van der Waals surface area contributed by atoms with Crippen molar-refractivity contribution in [3.8, 4) is 0 Å². The van der Waals surface area contributed by atoms with Gasteiger partial charge in [0.25, 0.3) is 0 Å². The Morgan fingerprint density at radius 2 is 2.00 bits per heavy atom. The van der Waals surface area contributed by atoms with E-state index < -0.39 is 0 Å². The molecule has 17 heavy (non-hydrogen) atoms. The number of hydrogen-bond donors (Lipinski definition) is 1. The van der Waals surface area contributed by atoms with Crippen LogP contribution in [0.5, 0.6) is 0 Å². The third-order valence-electron chi connectivity index (χ3n) is 2.82. The van der Waals surface area contributed by atoms with E-state index in [1.807, 2.05) is 31.2 Å². The number of carbonyl (C=O) groups is 1. The predicted octanol–water partition coefficient (Wildman–Crippen LogP) is 2.33. The molecule has 0 aliphatic heterocycles. The fraction of sp³-hybridized carbons (Fsp3) is 0.357. The van der Waals surface area contributed by atoms with Crippen molar-refractivity contribution >= 4 is 11.5 Å². The van der Waals surface area contributed by atoms with Crippen molar-refractivity contribution in [3.63, 3.8) is 0 Å². The number of esters is 1. The van der Waals surface area contributed by atoms with Gasteiger partial charge in [-0.1, -0.05) is 31.2 Å². The van der Waals surface area contributed by atoms with Crippen LogP contribution in [0.1, 0.15) is 30.9 Å². The van der Waals surface area contributed by atoms with Crippen molar-refractivity contribution in [3.05, 3.63) is 41.5 Å². The molecule has 1 atom stereocenters. The van der Waals surface area contributed by atoms with Gasteiger partial charge in [0.15, 0.2) is 0 Å². The van der Waals surface area contributed by atoms with E-state index in [1.54, 1.807) is 0 Å². The maximum absolute atomic E-state index is 11.1. The number of benzene rings is 1. The summed E-state index contributed by atoms with van der Waals surface area (Å²) in [6.07, 6.45) is 1.49. The van der Waals surface area contributed by atoms with Crippen LogP contribution >= 0.6 is 0 Å². The molecule has 0 saturated carbocycles. The summed E-state index contributed by atoms with van der Waals surface area (Å²) < 4.78 is 4.59. The van der Waals surface area contributed by atoms with Gasteiger partial charge in [0, 0.05) is 6.08 Å². The van der Waals surface area contributed by atoms with Crippen LogP contribution in [0.25, 0.3) is 5.57 Å². The van der Waals surface area contributed by atoms with Crippen molar-refractivity contribution in [2.45, 2.75) is 19.8 Å². The molecule has 0 radical (unpaired) electrons. The largest absolute Gasteiger partial charge is 0.466 e. The van der Waals surface area contributed by atoms with Crippen LogP contribution < -0.4 is 5.73 Å². The van der Waals surface area contributed by atoms with E-state index in [9.17, 15) is 4.79 Å². The first-order chi connectivity index (χ1) is 8.08. The number of hydrogen-bond acceptors (Lipinski definition) is 3. The zero-order chi connectivity index (χ0) is 12.8. The van der Waals surface area contributed by atoms with E-state index in [2.05, 4.69) is 11.7 Å². The second-order valence-corrected chi connectivity index (χ2v) is 4.11. The van der Waals surface area contributed by atoms with Gasteiger partial charge >= 0.3 is 5.97 Å². The lowest BCUT2D eigenvalue weighted by Gasteiger charge is -2.09. The summed E-state index contributed by atoms with van der Waals surface area (Å²) >= 11 is 0. The van der Waals surface area contributed by atoms with Crippen molar-refractivity contribution in [2.24, 2.45) is 5.73 Å². The topological polar surface area (TPSA) is 52.3 Å². The molecule has 92 valence electrons. The van der Waals surface area contributed by atoms with Gasteiger partial charge in [0.05, 0.1) is 7.11 Å². The van der Waals surface area contributed by atoms with E-state index in [1.165, 1.54) is 18.7 Å². The minimum Gasteiger partial charge on any atom is -0.466 e. The first-order valence-electron chi connectivity index (χ1n) is 5.65. The molecule has 1 aromatic rings. The van der Waals surface area contributed by atoms with Gasteiger partial charge in [-0.3, -0.25) is 0 Å². The third kappa shape index (κ3) is 3.71. The van der Waals surface area contributed by atoms with Crippen LogP contribution in [0.2, 0.25) is 0 Å². The summed E-state index contributed by atoms with van der Waals surface area (Å²) in [6, 6.07) is 8.08. The molecule has 1 aromatic carbocycles. The second kappa shape index (κ2) is 6.21. The smallest absolute Gasteiger partial charge is 0.330 e. The average Bonchev–Trinajstić information content (AvgIpc) is 2.37. The van der Waals surface area contributed by atoms with Crippen LogP contribution in [0, 0.1) is 0 Å². The molecule has 0 spiro atoms. The molecular weight excluding hydrogens is 214 g/mol. The molecule has 0 amide bonds. The first kappa shape index (κ1) is 13.5. The van der Waals surface area contributed by atoms with Crippen molar-refractivity contribution in [2.75, 3.05) is 13.7 Å². The Kier molecular flexibility index (Phi) is 4.91. The molecule has 0 aromatic heterocycles. The van der Waals surface area contributed by atoms with Crippen molar-refractivity contribution in [1.29, 1.82) is 0 Å². The molecule has 0 bridgehead atoms. The highest BCUT2D eigenvalue weighted by Gasteiger charge is 2.04. The average molecular weight is 233 g/mol. The highest BCUT2D eigenvalue weighted by molar-refractivity contribution is 5.90. The van der Waals surface area contributed by atoms with Gasteiger partial charge in [0.1, 0.15) is 0 Å². The highest BCUT2D eigenvalue weighted by Crippen LogP contribution is 2.19. The number of allylic oxidation sites excluding steroid dienone is 1. The molecule has 0 heterocycles. The summed E-state index contributed by atoms with van der Waals surface area (Å²) in [5, 5.41) is 0. The summed E-state index contributed by atoms with van der Waals surface area (Å²) in [5.41, 5.74) is 8.73. The molecule has 1 rings (SSSR count). The molecule has 0 aliphatic carbocycles. The number of methoxy groups -OCH3 is 1. The lowest BCUT2D eigenvalue weighted by Crippen LogP contribution is -2.08. The second-order valence-electron chi connectivity index (χ2n) is 4.11. The van der Waals surface area contributed by atoms with Gasteiger partial charge in [-0.05, 0) is 36.1 Å². The van der Waals surface area contributed by atoms with Gasteiger partial charge in [-0.2, -0.15) is 0 Å². The number of ether oxygens (including phenoxy) is 1. The van der Waals surface area contributed by atoms with Crippen molar-refractivity contribution < 1.29 is 9.53 Å². The third-order valence-corrected chi connectivity index (χ3v) is 2.82. The Bertz CT molecular complexity index is 407. The standard InChI is InChI=1S/C14H19NO2/c1-10(8-14(16)17-3)12-4-6-13(7-5-12)11(2)9-15/h4-8,11H,9,15H2,1-3H3/t11-/m0/s1. The van der Waals surface area contributed by atoms with E-state index in [4.69, 9.17) is 5.73 Å². The summed E-state index contributed by atoms with van der Waals surface area (Å²) in [7, 11) is 1.37. The van der Waals surface area contributed by atoms with Crippen LogP contribution in [-0.2, 0) is 9.53 Å². The van der Waals surface area contributed by atoms with Crippen LogP contribution in [0.4, 0.5) is 0 Å². The van der Waals surface area contributed by atoms with E-state index >= 15 is 0 Å². The Balaban J connectivity index is 2.87. The molecule has 0 fully saturated rings. The molecule has 2 N–H and O–H groups in total. The quantitative estimate of drug-likeness (QED) is 0.641. The minimum atomic E-state index is -0.332. The fourth-order valence-corrected chi connectivity index (χ4v) is 1.53. The zero-order valence-electron chi connectivity index (χ0n) is 10.6. The van der Waals surface area contributed by atoms with E-state index in [-0.39, 0.29) is 5.97 Å². The van der Waals surface area contributed by atoms with Gasteiger partial charge in [0.2, 0.25) is 0 Å². The fourth-order valence-electron chi connectivity index (χ4n) is 1.53. The SMILES string of the molecule is COC(=O)C=C(C)c1ccc([C@@H](C)CN)cc1. The Morgan fingerprint density at radius 3 is 2.47 bits per heavy atom. The summed E-state index contributed by atoms with van der Waals surface area (Å²) in [5.74, 6) is 0.0239. The summed E-state index contributed by atoms with van der Waals surface area (Å²) in [4.78, 5) is 11.1. The Hall–Kier alpha value is -1.61. The van der Waals surface area contributed by atoms with Crippen LogP contribution in [-0.4, -0.2) is 19.6 Å². The van der Waals surface area contributed by atoms with Crippen LogP contribution in [0.3, 0.4) is 0 Å². The molecule has 3 heteroatoms. The maximum Gasteiger partial charge on any atom is 0.330 e. The predicted molar refractivity (Wildman–Crippen MR) is 69.6 cm³/mol. The van der Waals surface area contributed by atoms with E-state index in [0.717, 1.165) is 11.1 Å². The van der Waals surface area contributed by atoms with Crippen LogP contribution in [0.15, 0.2) is 30.3 Å². The number of nitrogens with two attached hydrogens (primary N) is 1. The van der Waals surface area contributed by atoms with Gasteiger partial charge in [-0.25, -0.2) is 4.79 Å². The number of carbonyl (C=O) groups excluding carboxylic acids is 1. The Labute approximate surface area is 102 Å². The Morgan fingerprint density at radius 1 is 1.41 bits per heavy atom. The minimum absolute atomic E-state index is 0.332. The highest BCUT2D eigenvalue weighted by atomic mass is 16.5.